The van der Waals surface area contributed by atoms with Gasteiger partial charge in [0, 0.05) is 99.4 Å². The number of allylic oxidation sites excluding steroid dienone is 12. The van der Waals surface area contributed by atoms with Crippen molar-refractivity contribution < 1.29 is 0 Å². The Hall–Kier alpha value is -4.21. The average molecular weight is 1200 g/mol. The monoisotopic (exact) mass is 1200 g/mol. The van der Waals surface area contributed by atoms with Gasteiger partial charge >= 0.3 is 0 Å². The molecule has 0 spiro atoms. The molecule has 12 aliphatic carbocycles. The number of fused-ring (bicyclic) bond motifs is 12. The van der Waals surface area contributed by atoms with Crippen molar-refractivity contribution in [2.45, 2.75) is 279 Å². The highest BCUT2D eigenvalue weighted by molar-refractivity contribution is 6.90. The lowest BCUT2D eigenvalue weighted by molar-refractivity contribution is 0.173. The van der Waals surface area contributed by atoms with Crippen molar-refractivity contribution in [3.63, 3.8) is 0 Å². The normalized spacial score (nSPS) is 38.8. The van der Waals surface area contributed by atoms with Crippen LogP contribution in [0, 0.1) is 183 Å². The molecule has 0 radical (unpaired) electrons. The molecule has 12 atom stereocenters. The van der Waals surface area contributed by atoms with Crippen molar-refractivity contribution in [3.8, 4) is 82.1 Å². The summed E-state index contributed by atoms with van der Waals surface area (Å²) < 4.78 is 0. The summed E-state index contributed by atoms with van der Waals surface area (Å²) in [5.41, 5.74) is 26.2. The Morgan fingerprint density at radius 2 is 0.443 bits per heavy atom. The Morgan fingerprint density at radius 1 is 0.261 bits per heavy atom. The van der Waals surface area contributed by atoms with Crippen molar-refractivity contribution in [2.75, 3.05) is 0 Å². The molecule has 0 N–H and O–H groups in total. The van der Waals surface area contributed by atoms with E-state index >= 15 is 0 Å². The van der Waals surface area contributed by atoms with E-state index < -0.39 is 16.1 Å². The molecule has 12 bridgehead atoms. The van der Waals surface area contributed by atoms with Gasteiger partial charge in [0.15, 0.2) is 0 Å². The van der Waals surface area contributed by atoms with Gasteiger partial charge in [-0.1, -0.05) is 257 Å². The third kappa shape index (κ3) is 7.85. The average Bonchev–Trinajstić information content (AvgIpc) is 1.78. The van der Waals surface area contributed by atoms with Gasteiger partial charge in [-0.3, -0.25) is 0 Å². The predicted molar refractivity (Wildman–Crippen MR) is 379 cm³/mol. The molecule has 0 aromatic carbocycles. The van der Waals surface area contributed by atoms with Gasteiger partial charge in [-0.25, -0.2) is 0 Å². The Kier molecular flexibility index (Phi) is 14.1. The molecule has 12 unspecified atom stereocenters. The number of hydrogen-bond acceptors (Lipinski definition) is 0. The van der Waals surface area contributed by atoms with Gasteiger partial charge < -0.3 is 0 Å². The molecule has 0 amide bonds. The van der Waals surface area contributed by atoms with Gasteiger partial charge in [-0.15, -0.1) is 11.1 Å². The Balaban J connectivity index is 0.992. The second-order valence-electron chi connectivity index (χ2n) is 38.0. The van der Waals surface area contributed by atoms with Crippen molar-refractivity contribution in [3.05, 3.63) is 66.9 Å². The molecule has 466 valence electrons. The van der Waals surface area contributed by atoms with E-state index in [4.69, 9.17) is 0 Å². The van der Waals surface area contributed by atoms with E-state index in [0.29, 0.717) is 52.1 Å². The Bertz CT molecular complexity index is 3820. The van der Waals surface area contributed by atoms with Gasteiger partial charge in [-0.2, -0.15) is 0 Å². The summed E-state index contributed by atoms with van der Waals surface area (Å²) >= 11 is 0. The van der Waals surface area contributed by atoms with E-state index in [-0.39, 0.29) is 65.0 Å². The zero-order valence-electron chi connectivity index (χ0n) is 60.7. The van der Waals surface area contributed by atoms with Crippen LogP contribution in [0.1, 0.15) is 243 Å². The third-order valence-corrected chi connectivity index (χ3v) is 39.0. The van der Waals surface area contributed by atoms with E-state index in [1.54, 1.807) is 0 Å². The maximum absolute atomic E-state index is 4.20. The van der Waals surface area contributed by atoms with Crippen LogP contribution < -0.4 is 0 Å². The minimum Gasteiger partial charge on any atom is -0.127 e. The largest absolute Gasteiger partial charge is 0.146 e. The third-order valence-electron chi connectivity index (χ3n) is 31.8. The van der Waals surface area contributed by atoms with Crippen molar-refractivity contribution >= 4 is 16.1 Å². The maximum atomic E-state index is 4.20. The van der Waals surface area contributed by atoms with Gasteiger partial charge in [-0.05, 0) is 162 Å². The molecule has 0 aromatic heterocycles. The van der Waals surface area contributed by atoms with Gasteiger partial charge in [0.2, 0.25) is 0 Å². The molecule has 6 fully saturated rings. The molecule has 0 saturated heterocycles. The fourth-order valence-corrected chi connectivity index (χ4v) is 28.9. The lowest BCUT2D eigenvalue weighted by Crippen LogP contribution is -2.43. The lowest BCUT2D eigenvalue weighted by atomic mass is 9.67. The summed E-state index contributed by atoms with van der Waals surface area (Å²) in [6, 6.07) is 0. The molecule has 12 aliphatic rings. The molecule has 0 heterocycles. The first-order valence-electron chi connectivity index (χ1n) is 35.6. The van der Waals surface area contributed by atoms with Crippen molar-refractivity contribution in [2.24, 2.45) is 100 Å². The molecule has 12 rings (SSSR count). The van der Waals surface area contributed by atoms with Gasteiger partial charge in [0.25, 0.3) is 0 Å². The topological polar surface area (TPSA) is 0 Å². The van der Waals surface area contributed by atoms with Gasteiger partial charge in [0.05, 0.1) is 0 Å². The quantitative estimate of drug-likeness (QED) is 0.195. The van der Waals surface area contributed by atoms with Crippen LogP contribution in [0.15, 0.2) is 66.9 Å². The smallest absolute Gasteiger partial charge is 0.127 e. The van der Waals surface area contributed by atoms with Crippen molar-refractivity contribution in [1.29, 1.82) is 0 Å². The van der Waals surface area contributed by atoms with Crippen LogP contribution in [0.2, 0.25) is 36.3 Å². The van der Waals surface area contributed by atoms with E-state index in [2.05, 4.69) is 268 Å². The predicted octanol–water partition coefficient (Wildman–Crippen LogP) is 21.6. The van der Waals surface area contributed by atoms with E-state index in [1.165, 1.54) is 131 Å². The summed E-state index contributed by atoms with van der Waals surface area (Å²) in [6.07, 6.45) is 14.2. The first-order chi connectivity index (χ1) is 40.5. The minimum absolute atomic E-state index is 0.0155. The molecule has 0 nitrogen and oxygen atoms in total. The highest BCUT2D eigenvalue weighted by Gasteiger charge is 2.66. The van der Waals surface area contributed by atoms with Crippen LogP contribution in [0.5, 0.6) is 0 Å². The van der Waals surface area contributed by atoms with Crippen LogP contribution in [0.3, 0.4) is 0 Å². The molecule has 88 heavy (non-hydrogen) atoms. The lowest BCUT2D eigenvalue weighted by Gasteiger charge is -2.38. The number of rotatable bonds is 3. The summed E-state index contributed by atoms with van der Waals surface area (Å²) in [5, 5.41) is 0. The van der Waals surface area contributed by atoms with Crippen LogP contribution >= 0.6 is 0 Å². The molecular weight excluding hydrogens is 1090 g/mol. The number of hydrogen-bond donors (Lipinski definition) is 0. The van der Waals surface area contributed by atoms with E-state index in [1.807, 2.05) is 0 Å². The van der Waals surface area contributed by atoms with Crippen LogP contribution in [0.25, 0.3) is 0 Å². The van der Waals surface area contributed by atoms with Crippen LogP contribution in [-0.4, -0.2) is 16.1 Å². The van der Waals surface area contributed by atoms with Crippen LogP contribution in [0.4, 0.5) is 0 Å². The highest BCUT2D eigenvalue weighted by Crippen LogP contribution is 2.74. The first kappa shape index (κ1) is 63.9. The second kappa shape index (κ2) is 19.4. The summed E-state index contributed by atoms with van der Waals surface area (Å²) in [4.78, 5) is 0. The maximum Gasteiger partial charge on any atom is 0.146 e. The summed E-state index contributed by atoms with van der Waals surface area (Å²) in [6.45, 7) is 67.2. The highest BCUT2D eigenvalue weighted by atomic mass is 28.3. The zero-order valence-corrected chi connectivity index (χ0v) is 62.7. The standard InChI is InChI=1S/C86H114Si2/c1-54(2)88(55(3)4,56(5)6)53-44-62-68-43-50-85(23,80(68,17)18)73(62)37-31-60-66-41-48-83(21,78(66,13)14)71(60)35-29-58-64-39-46-81(19,76(64,9)10)69(58)33-28-57-63-38-47-82(20,75(63,7)8)70(57)34-30-59-65-40-49-84(22,77(65,11)12)72(59)36-32-61-67-42-51-86(24,79(67,15)16)74(61)45-52-87(25,26)27/h54-56,63-68H,38-43,46-51H2,1-27H3. The van der Waals surface area contributed by atoms with Gasteiger partial charge in [0.1, 0.15) is 16.1 Å². The molecule has 0 aliphatic heterocycles. The van der Waals surface area contributed by atoms with Crippen molar-refractivity contribution in [1.82, 2.24) is 0 Å². The van der Waals surface area contributed by atoms with Crippen LogP contribution in [-0.2, 0) is 0 Å². The SMILES string of the molecule is CC(C)[Si](C#CC1=C(C#CC2=C(C#CC3=C(C#CC4=C(C#CC5=C(C#CC6=C(C#C[Si](C)(C)C)C7(C)CCC6C7(C)C)C6(C)CCC5C6(C)C)C5(C)CCC4C5(C)C)C4(C)CCC3C4(C)C)C3(C)CCC2C3(C)C)C2(C)CCC1C2(C)C)(C(C)C)C(C)C. The summed E-state index contributed by atoms with van der Waals surface area (Å²) in [5.74, 6) is 51.3. The Labute approximate surface area is 541 Å². The Morgan fingerprint density at radius 3 is 0.625 bits per heavy atom. The molecule has 2 heteroatoms. The fourth-order valence-electron chi connectivity index (χ4n) is 23.2. The van der Waals surface area contributed by atoms with E-state index in [0.717, 1.165) is 12.8 Å². The fraction of sp³-hybridized carbons (Fsp3) is 0.698. The summed E-state index contributed by atoms with van der Waals surface area (Å²) in [7, 11) is -3.54. The second-order valence-corrected chi connectivity index (χ2v) is 48.3. The minimum atomic E-state index is -1.95. The molecule has 6 saturated carbocycles. The molecular formula is C86H114Si2. The first-order valence-corrected chi connectivity index (χ1v) is 41.3. The van der Waals surface area contributed by atoms with E-state index in [9.17, 15) is 0 Å². The molecule has 0 aromatic rings. The zero-order chi connectivity index (χ0) is 64.5.